The Morgan fingerprint density at radius 1 is 0.914 bits per heavy atom. The third kappa shape index (κ3) is 5.96. The van der Waals surface area contributed by atoms with Gasteiger partial charge in [-0.2, -0.15) is 0 Å². The van der Waals surface area contributed by atoms with Gasteiger partial charge in [-0.05, 0) is 71.8 Å². The van der Waals surface area contributed by atoms with E-state index in [1.165, 1.54) is 10.9 Å². The van der Waals surface area contributed by atoms with Gasteiger partial charge in [0.2, 0.25) is 0 Å². The summed E-state index contributed by atoms with van der Waals surface area (Å²) < 4.78 is 0. The maximum absolute atomic E-state index is 12.6. The van der Waals surface area contributed by atoms with Gasteiger partial charge < -0.3 is 5.73 Å². The molecular weight excluding hydrogens is 454 g/mol. The van der Waals surface area contributed by atoms with Gasteiger partial charge in [-0.1, -0.05) is 60.1 Å². The highest BCUT2D eigenvalue weighted by molar-refractivity contribution is 6.30. The van der Waals surface area contributed by atoms with E-state index in [1.54, 1.807) is 0 Å². The Kier molecular flexibility index (Phi) is 7.24. The van der Waals surface area contributed by atoms with E-state index in [0.29, 0.717) is 23.9 Å². The number of hydrogen-bond donors (Lipinski definition) is 1. The Morgan fingerprint density at radius 3 is 2.43 bits per heavy atom. The number of likely N-dealkylation sites (tertiary alicyclic amines) is 1. The molecule has 1 saturated heterocycles. The number of carbonyl (C=O) groups excluding carboxylic acids is 1. The van der Waals surface area contributed by atoms with Gasteiger partial charge in [-0.3, -0.25) is 14.7 Å². The maximum Gasteiger partial charge on any atom is 0.141 e. The molecule has 0 radical (unpaired) electrons. The molecular formula is C30H30ClN3O. The predicted octanol–water partition coefficient (Wildman–Crippen LogP) is 5.83. The van der Waals surface area contributed by atoms with Gasteiger partial charge in [-0.25, -0.2) is 0 Å². The molecule has 3 aromatic carbocycles. The van der Waals surface area contributed by atoms with Crippen LogP contribution in [0.1, 0.15) is 29.5 Å². The molecule has 4 nitrogen and oxygen atoms in total. The topological polar surface area (TPSA) is 59.2 Å². The molecule has 2 N–H and O–H groups in total. The highest BCUT2D eigenvalue weighted by Crippen LogP contribution is 2.29. The second-order valence-electron chi connectivity index (χ2n) is 9.58. The molecule has 0 bridgehead atoms. The number of halogens is 1. The van der Waals surface area contributed by atoms with Crippen molar-refractivity contribution in [3.05, 3.63) is 101 Å². The molecule has 1 aliphatic heterocycles. The molecule has 2 heterocycles. The van der Waals surface area contributed by atoms with Crippen LogP contribution in [0.3, 0.4) is 0 Å². The Labute approximate surface area is 211 Å². The van der Waals surface area contributed by atoms with Crippen molar-refractivity contribution in [3.8, 4) is 11.1 Å². The third-order valence-corrected chi connectivity index (χ3v) is 7.06. The summed E-state index contributed by atoms with van der Waals surface area (Å²) in [4.78, 5) is 19.5. The lowest BCUT2D eigenvalue weighted by Crippen LogP contribution is -2.39. The van der Waals surface area contributed by atoms with Gasteiger partial charge in [0.25, 0.3) is 0 Å². The summed E-state index contributed by atoms with van der Waals surface area (Å²) in [5, 5.41) is 3.00. The second-order valence-corrected chi connectivity index (χ2v) is 10.0. The summed E-state index contributed by atoms with van der Waals surface area (Å²) in [6.45, 7) is 3.05. The number of piperidine rings is 1. The molecule has 1 aromatic heterocycles. The molecule has 0 spiro atoms. The van der Waals surface area contributed by atoms with E-state index in [9.17, 15) is 4.79 Å². The number of Topliss-reactive ketones (excluding diaryl/α,β-unsaturated/α-hetero) is 1. The standard InChI is InChI=1S/C30H30ClN3O/c31-26-3-1-2-22(14-26)16-28(35)15-21-4-7-24(8-5-21)30-19-33-18-25-9-6-23(17-29(25)30)20-34-12-10-27(32)11-13-34/h1-9,14,17-19,27H,10-13,15-16,20,32H2. The molecule has 0 atom stereocenters. The molecule has 5 rings (SSSR count). The van der Waals surface area contributed by atoms with Crippen molar-refractivity contribution < 1.29 is 4.79 Å². The van der Waals surface area contributed by atoms with Gasteiger partial charge in [0.1, 0.15) is 5.78 Å². The zero-order valence-corrected chi connectivity index (χ0v) is 20.5. The van der Waals surface area contributed by atoms with Gasteiger partial charge in [0, 0.05) is 53.8 Å². The number of aromatic nitrogens is 1. The van der Waals surface area contributed by atoms with Crippen LogP contribution < -0.4 is 5.73 Å². The van der Waals surface area contributed by atoms with E-state index in [2.05, 4.69) is 40.2 Å². The van der Waals surface area contributed by atoms with Crippen LogP contribution in [0.5, 0.6) is 0 Å². The number of benzene rings is 3. The van der Waals surface area contributed by atoms with E-state index in [1.807, 2.05) is 48.8 Å². The average Bonchev–Trinajstić information content (AvgIpc) is 2.85. The first-order chi connectivity index (χ1) is 17.0. The second kappa shape index (κ2) is 10.7. The van der Waals surface area contributed by atoms with Crippen molar-refractivity contribution in [1.82, 2.24) is 9.88 Å². The van der Waals surface area contributed by atoms with E-state index in [-0.39, 0.29) is 5.78 Å². The van der Waals surface area contributed by atoms with Crippen LogP contribution in [0.4, 0.5) is 0 Å². The van der Waals surface area contributed by atoms with Crippen molar-refractivity contribution in [2.45, 2.75) is 38.3 Å². The summed E-state index contributed by atoms with van der Waals surface area (Å²) in [6.07, 6.45) is 6.79. The molecule has 0 amide bonds. The number of carbonyl (C=O) groups is 1. The largest absolute Gasteiger partial charge is 0.328 e. The Morgan fingerprint density at radius 2 is 1.66 bits per heavy atom. The molecule has 0 saturated carbocycles. The van der Waals surface area contributed by atoms with E-state index in [0.717, 1.165) is 60.1 Å². The fraction of sp³-hybridized carbons (Fsp3) is 0.267. The van der Waals surface area contributed by atoms with E-state index < -0.39 is 0 Å². The fourth-order valence-electron chi connectivity index (χ4n) is 4.88. The highest BCUT2D eigenvalue weighted by Gasteiger charge is 2.16. The number of nitrogens with two attached hydrogens (primary N) is 1. The first kappa shape index (κ1) is 23.7. The lowest BCUT2D eigenvalue weighted by atomic mass is 9.96. The molecule has 1 fully saturated rings. The molecule has 0 aliphatic carbocycles. The Balaban J connectivity index is 1.31. The van der Waals surface area contributed by atoms with Gasteiger partial charge in [0.05, 0.1) is 0 Å². The quantitative estimate of drug-likeness (QED) is 0.359. The zero-order chi connectivity index (χ0) is 24.2. The van der Waals surface area contributed by atoms with Crippen LogP contribution in [-0.2, 0) is 24.2 Å². The molecule has 178 valence electrons. The van der Waals surface area contributed by atoms with E-state index in [4.69, 9.17) is 17.3 Å². The van der Waals surface area contributed by atoms with Crippen LogP contribution in [0.25, 0.3) is 21.9 Å². The number of rotatable bonds is 7. The SMILES string of the molecule is NC1CCN(Cc2ccc3cncc(-c4ccc(CC(=O)Cc5cccc(Cl)c5)cc4)c3c2)CC1. The minimum absolute atomic E-state index is 0.176. The van der Waals surface area contributed by atoms with Gasteiger partial charge in [0.15, 0.2) is 0 Å². The Hall–Kier alpha value is -3.05. The zero-order valence-electron chi connectivity index (χ0n) is 19.8. The maximum atomic E-state index is 12.6. The van der Waals surface area contributed by atoms with Crippen molar-refractivity contribution in [3.63, 3.8) is 0 Å². The summed E-state index contributed by atoms with van der Waals surface area (Å²) >= 11 is 6.05. The minimum atomic E-state index is 0.176. The smallest absolute Gasteiger partial charge is 0.141 e. The fourth-order valence-corrected chi connectivity index (χ4v) is 5.09. The summed E-state index contributed by atoms with van der Waals surface area (Å²) in [7, 11) is 0. The van der Waals surface area contributed by atoms with Crippen LogP contribution in [0.15, 0.2) is 79.1 Å². The van der Waals surface area contributed by atoms with Gasteiger partial charge >= 0.3 is 0 Å². The normalized spacial score (nSPS) is 14.9. The number of nitrogens with zero attached hydrogens (tertiary/aromatic N) is 2. The summed E-state index contributed by atoms with van der Waals surface area (Å²) in [5.41, 5.74) is 11.6. The number of pyridine rings is 1. The molecule has 4 aromatic rings. The third-order valence-electron chi connectivity index (χ3n) is 6.82. The van der Waals surface area contributed by atoms with Crippen molar-refractivity contribution in [2.24, 2.45) is 5.73 Å². The van der Waals surface area contributed by atoms with Crippen molar-refractivity contribution in [1.29, 1.82) is 0 Å². The lowest BCUT2D eigenvalue weighted by molar-refractivity contribution is -0.117. The van der Waals surface area contributed by atoms with Crippen LogP contribution >= 0.6 is 11.6 Å². The molecule has 0 unspecified atom stereocenters. The number of ketones is 1. The average molecular weight is 484 g/mol. The van der Waals surface area contributed by atoms with Crippen LogP contribution in [0, 0.1) is 0 Å². The first-order valence-electron chi connectivity index (χ1n) is 12.2. The van der Waals surface area contributed by atoms with Crippen LogP contribution in [0.2, 0.25) is 5.02 Å². The van der Waals surface area contributed by atoms with Gasteiger partial charge in [-0.15, -0.1) is 0 Å². The number of hydrogen-bond acceptors (Lipinski definition) is 4. The monoisotopic (exact) mass is 483 g/mol. The predicted molar refractivity (Wildman–Crippen MR) is 144 cm³/mol. The first-order valence-corrected chi connectivity index (χ1v) is 12.6. The molecule has 5 heteroatoms. The molecule has 35 heavy (non-hydrogen) atoms. The summed E-state index contributed by atoms with van der Waals surface area (Å²) in [5.74, 6) is 0.176. The van der Waals surface area contributed by atoms with Crippen LogP contribution in [-0.4, -0.2) is 34.8 Å². The Bertz CT molecular complexity index is 1330. The molecule has 1 aliphatic rings. The summed E-state index contributed by atoms with van der Waals surface area (Å²) in [6, 6.07) is 22.8. The van der Waals surface area contributed by atoms with Crippen molar-refractivity contribution in [2.75, 3.05) is 13.1 Å². The number of fused-ring (bicyclic) bond motifs is 1. The minimum Gasteiger partial charge on any atom is -0.328 e. The van der Waals surface area contributed by atoms with Crippen molar-refractivity contribution >= 4 is 28.2 Å². The lowest BCUT2D eigenvalue weighted by Gasteiger charge is -2.30. The highest BCUT2D eigenvalue weighted by atomic mass is 35.5. The van der Waals surface area contributed by atoms with E-state index >= 15 is 0 Å².